The highest BCUT2D eigenvalue weighted by Crippen LogP contribution is 2.19. The van der Waals surface area contributed by atoms with Crippen LogP contribution in [0.5, 0.6) is 0 Å². The van der Waals surface area contributed by atoms with Crippen LogP contribution < -0.4 is 0 Å². The molecule has 0 aromatic carbocycles. The van der Waals surface area contributed by atoms with Crippen LogP contribution in [0.4, 0.5) is 0 Å². The Labute approximate surface area is 97.9 Å². The molecule has 2 atom stereocenters. The lowest BCUT2D eigenvalue weighted by Crippen LogP contribution is -2.44. The zero-order valence-electron chi connectivity index (χ0n) is 10.6. The van der Waals surface area contributed by atoms with Crippen LogP contribution in [0.15, 0.2) is 0 Å². The summed E-state index contributed by atoms with van der Waals surface area (Å²) in [5.41, 5.74) is 0. The van der Waals surface area contributed by atoms with Crippen LogP contribution in [0.3, 0.4) is 0 Å². The van der Waals surface area contributed by atoms with Gasteiger partial charge in [-0.05, 0) is 13.3 Å². The first-order valence-electron chi connectivity index (χ1n) is 6.10. The van der Waals surface area contributed by atoms with Crippen LogP contribution in [-0.4, -0.2) is 49.8 Å². The van der Waals surface area contributed by atoms with Crippen LogP contribution in [-0.2, 0) is 14.3 Å². The number of nitrogens with zero attached hydrogens (tertiary/aromatic N) is 1. The SMILES string of the molecule is CCOCCN1CC[C@H](OC(C)=O)[C@@H](C)C1. The molecule has 4 heteroatoms. The quantitative estimate of drug-likeness (QED) is 0.526. The Morgan fingerprint density at radius 2 is 2.25 bits per heavy atom. The number of hydrogen-bond donors (Lipinski definition) is 0. The molecule has 0 N–H and O–H groups in total. The molecule has 0 aliphatic carbocycles. The second kappa shape index (κ2) is 6.86. The summed E-state index contributed by atoms with van der Waals surface area (Å²) in [5.74, 6) is 0.249. The van der Waals surface area contributed by atoms with Gasteiger partial charge in [0.25, 0.3) is 0 Å². The van der Waals surface area contributed by atoms with Gasteiger partial charge in [0.1, 0.15) is 6.10 Å². The number of hydrogen-bond acceptors (Lipinski definition) is 4. The third-order valence-corrected chi connectivity index (χ3v) is 2.98. The van der Waals surface area contributed by atoms with Gasteiger partial charge in [-0.2, -0.15) is 0 Å². The molecular weight excluding hydrogens is 206 g/mol. The number of carbonyl (C=O) groups is 1. The number of likely N-dealkylation sites (tertiary alicyclic amines) is 1. The zero-order chi connectivity index (χ0) is 12.0. The van der Waals surface area contributed by atoms with Gasteiger partial charge in [0, 0.05) is 39.1 Å². The van der Waals surface area contributed by atoms with Gasteiger partial charge < -0.3 is 14.4 Å². The fraction of sp³-hybridized carbons (Fsp3) is 0.917. The minimum Gasteiger partial charge on any atom is -0.462 e. The average molecular weight is 229 g/mol. The largest absolute Gasteiger partial charge is 0.462 e. The first-order valence-corrected chi connectivity index (χ1v) is 6.10. The standard InChI is InChI=1S/C12H23NO3/c1-4-15-8-7-13-6-5-12(10(2)9-13)16-11(3)14/h10,12H,4-9H2,1-3H3/t10-,12-/m0/s1. The summed E-state index contributed by atoms with van der Waals surface area (Å²) in [6, 6.07) is 0. The number of esters is 1. The topological polar surface area (TPSA) is 38.8 Å². The van der Waals surface area contributed by atoms with Crippen molar-refractivity contribution in [2.45, 2.75) is 33.3 Å². The molecule has 16 heavy (non-hydrogen) atoms. The minimum absolute atomic E-state index is 0.0980. The highest BCUT2D eigenvalue weighted by Gasteiger charge is 2.27. The predicted octanol–water partition coefficient (Wildman–Crippen LogP) is 1.30. The van der Waals surface area contributed by atoms with E-state index in [1.165, 1.54) is 6.92 Å². The molecule has 1 aliphatic heterocycles. The summed E-state index contributed by atoms with van der Waals surface area (Å²) >= 11 is 0. The third-order valence-electron chi connectivity index (χ3n) is 2.98. The molecule has 4 nitrogen and oxygen atoms in total. The van der Waals surface area contributed by atoms with E-state index in [2.05, 4.69) is 11.8 Å². The Bertz CT molecular complexity index is 220. The molecule has 0 unspecified atom stereocenters. The highest BCUT2D eigenvalue weighted by atomic mass is 16.5. The van der Waals surface area contributed by atoms with Crippen LogP contribution >= 0.6 is 0 Å². The van der Waals surface area contributed by atoms with E-state index in [9.17, 15) is 4.79 Å². The molecule has 1 saturated heterocycles. The van der Waals surface area contributed by atoms with Crippen LogP contribution in [0, 0.1) is 5.92 Å². The number of piperidine rings is 1. The third kappa shape index (κ3) is 4.49. The summed E-state index contributed by atoms with van der Waals surface area (Å²) in [7, 11) is 0. The van der Waals surface area contributed by atoms with Crippen molar-refractivity contribution in [1.82, 2.24) is 4.90 Å². The van der Waals surface area contributed by atoms with E-state index in [-0.39, 0.29) is 12.1 Å². The zero-order valence-corrected chi connectivity index (χ0v) is 10.6. The molecule has 0 spiro atoms. The van der Waals surface area contributed by atoms with Crippen LogP contribution in [0.1, 0.15) is 27.2 Å². The molecule has 1 aliphatic rings. The van der Waals surface area contributed by atoms with E-state index in [0.29, 0.717) is 5.92 Å². The summed E-state index contributed by atoms with van der Waals surface area (Å²) in [6.07, 6.45) is 1.04. The van der Waals surface area contributed by atoms with E-state index < -0.39 is 0 Å². The van der Waals surface area contributed by atoms with Gasteiger partial charge in [0.05, 0.1) is 6.61 Å². The van der Waals surface area contributed by atoms with Crippen molar-refractivity contribution < 1.29 is 14.3 Å². The van der Waals surface area contributed by atoms with Gasteiger partial charge in [-0.3, -0.25) is 4.79 Å². The van der Waals surface area contributed by atoms with Gasteiger partial charge in [0.15, 0.2) is 0 Å². The maximum atomic E-state index is 10.9. The summed E-state index contributed by atoms with van der Waals surface area (Å²) in [4.78, 5) is 13.3. The first-order chi connectivity index (χ1) is 7.63. The van der Waals surface area contributed by atoms with Gasteiger partial charge in [-0.15, -0.1) is 0 Å². The van der Waals surface area contributed by atoms with Crippen molar-refractivity contribution in [2.75, 3.05) is 32.8 Å². The Kier molecular flexibility index (Phi) is 5.77. The molecule has 0 radical (unpaired) electrons. The molecule has 1 fully saturated rings. The molecule has 0 saturated carbocycles. The summed E-state index contributed by atoms with van der Waals surface area (Å²) in [6.45, 7) is 10.2. The van der Waals surface area contributed by atoms with Crippen molar-refractivity contribution in [3.63, 3.8) is 0 Å². The van der Waals surface area contributed by atoms with Gasteiger partial charge in [0.2, 0.25) is 0 Å². The fourth-order valence-electron chi connectivity index (χ4n) is 2.14. The Hall–Kier alpha value is -0.610. The average Bonchev–Trinajstić information content (AvgIpc) is 2.22. The Morgan fingerprint density at radius 3 is 2.81 bits per heavy atom. The molecular formula is C12H23NO3. The number of rotatable bonds is 5. The second-order valence-electron chi connectivity index (χ2n) is 4.41. The van der Waals surface area contributed by atoms with Gasteiger partial charge >= 0.3 is 5.97 Å². The number of ether oxygens (including phenoxy) is 2. The normalized spacial score (nSPS) is 26.7. The fourth-order valence-corrected chi connectivity index (χ4v) is 2.14. The van der Waals surface area contributed by atoms with E-state index in [0.717, 1.165) is 39.3 Å². The maximum Gasteiger partial charge on any atom is 0.302 e. The van der Waals surface area contributed by atoms with Crippen molar-refractivity contribution in [1.29, 1.82) is 0 Å². The summed E-state index contributed by atoms with van der Waals surface area (Å²) in [5, 5.41) is 0. The van der Waals surface area contributed by atoms with E-state index >= 15 is 0 Å². The molecule has 1 heterocycles. The molecule has 0 bridgehead atoms. The van der Waals surface area contributed by atoms with E-state index in [4.69, 9.17) is 9.47 Å². The van der Waals surface area contributed by atoms with E-state index in [1.54, 1.807) is 0 Å². The lowest BCUT2D eigenvalue weighted by molar-refractivity contribution is -0.151. The maximum absolute atomic E-state index is 10.9. The molecule has 0 aromatic rings. The lowest BCUT2D eigenvalue weighted by Gasteiger charge is -2.36. The monoisotopic (exact) mass is 229 g/mol. The van der Waals surface area contributed by atoms with Gasteiger partial charge in [-0.25, -0.2) is 0 Å². The second-order valence-corrected chi connectivity index (χ2v) is 4.41. The highest BCUT2D eigenvalue weighted by molar-refractivity contribution is 5.66. The first kappa shape index (κ1) is 13.5. The summed E-state index contributed by atoms with van der Waals surface area (Å²) < 4.78 is 10.6. The smallest absolute Gasteiger partial charge is 0.302 e. The Balaban J connectivity index is 2.25. The van der Waals surface area contributed by atoms with Crippen molar-refractivity contribution >= 4 is 5.97 Å². The van der Waals surface area contributed by atoms with E-state index in [1.807, 2.05) is 6.92 Å². The molecule has 1 rings (SSSR count). The predicted molar refractivity (Wildman–Crippen MR) is 62.3 cm³/mol. The van der Waals surface area contributed by atoms with Crippen molar-refractivity contribution in [3.05, 3.63) is 0 Å². The van der Waals surface area contributed by atoms with Gasteiger partial charge in [-0.1, -0.05) is 6.92 Å². The minimum atomic E-state index is -0.167. The van der Waals surface area contributed by atoms with Crippen LogP contribution in [0.25, 0.3) is 0 Å². The number of carbonyl (C=O) groups excluding carboxylic acids is 1. The van der Waals surface area contributed by atoms with Crippen LogP contribution in [0.2, 0.25) is 0 Å². The molecule has 94 valence electrons. The van der Waals surface area contributed by atoms with Crippen molar-refractivity contribution in [3.8, 4) is 0 Å². The lowest BCUT2D eigenvalue weighted by atomic mass is 9.96. The Morgan fingerprint density at radius 1 is 1.50 bits per heavy atom. The van der Waals surface area contributed by atoms with Crippen molar-refractivity contribution in [2.24, 2.45) is 5.92 Å². The molecule has 0 aromatic heterocycles. The molecule has 0 amide bonds.